The Morgan fingerprint density at radius 1 is 1.33 bits per heavy atom. The molecule has 0 atom stereocenters. The summed E-state index contributed by atoms with van der Waals surface area (Å²) < 4.78 is 0.718. The maximum atomic E-state index is 5.12. The Balaban J connectivity index is 3.38. The zero-order valence-electron chi connectivity index (χ0n) is 7.93. The van der Waals surface area contributed by atoms with Crippen molar-refractivity contribution >= 4 is 12.2 Å². The van der Waals surface area contributed by atoms with E-state index in [9.17, 15) is 0 Å². The second-order valence-electron chi connectivity index (χ2n) is 3.32. The Bertz CT molecular complexity index is 339. The molecule has 2 nitrogen and oxygen atoms in total. The fourth-order valence-corrected chi connectivity index (χ4v) is 1.49. The third-order valence-electron chi connectivity index (χ3n) is 1.89. The molecule has 0 aromatic carbocycles. The van der Waals surface area contributed by atoms with E-state index in [1.807, 2.05) is 13.8 Å². The van der Waals surface area contributed by atoms with Crippen LogP contribution in [0.5, 0.6) is 0 Å². The van der Waals surface area contributed by atoms with E-state index >= 15 is 0 Å². The number of nitrogens with zero attached hydrogens (tertiary/aromatic N) is 1. The van der Waals surface area contributed by atoms with Gasteiger partial charge in [-0.05, 0) is 19.8 Å². The number of rotatable bonds is 1. The first-order valence-corrected chi connectivity index (χ1v) is 4.50. The van der Waals surface area contributed by atoms with Gasteiger partial charge in [-0.1, -0.05) is 26.1 Å². The van der Waals surface area contributed by atoms with E-state index in [2.05, 4.69) is 23.8 Å². The van der Waals surface area contributed by atoms with Gasteiger partial charge in [0.15, 0.2) is 0 Å². The predicted molar refractivity (Wildman–Crippen MR) is 53.0 cm³/mol. The van der Waals surface area contributed by atoms with Crippen molar-refractivity contribution in [3.05, 3.63) is 21.7 Å². The van der Waals surface area contributed by atoms with Crippen LogP contribution in [0.1, 0.15) is 36.8 Å². The van der Waals surface area contributed by atoms with E-state index in [0.717, 1.165) is 16.0 Å². The zero-order chi connectivity index (χ0) is 9.30. The predicted octanol–water partition coefficient (Wildman–Crippen LogP) is 2.88. The molecule has 66 valence electrons. The Morgan fingerprint density at radius 2 is 1.92 bits per heavy atom. The summed E-state index contributed by atoms with van der Waals surface area (Å²) in [5.74, 6) is 1.38. The number of hydrogen-bond donors (Lipinski definition) is 1. The number of H-pyrrole nitrogens is 1. The summed E-state index contributed by atoms with van der Waals surface area (Å²) in [7, 11) is 0. The first-order valence-electron chi connectivity index (χ1n) is 4.09. The molecule has 0 spiro atoms. The lowest BCUT2D eigenvalue weighted by Crippen LogP contribution is -2.01. The number of aryl methyl sites for hydroxylation is 1. The van der Waals surface area contributed by atoms with Crippen molar-refractivity contribution in [3.8, 4) is 0 Å². The SMILES string of the molecule is Cc1nc(=S)c(C)c(C(C)C)[nH]1. The summed E-state index contributed by atoms with van der Waals surface area (Å²) >= 11 is 5.12. The molecule has 0 fully saturated rings. The molecular formula is C9H14N2S. The molecule has 0 amide bonds. The largest absolute Gasteiger partial charge is 0.347 e. The van der Waals surface area contributed by atoms with Gasteiger partial charge >= 0.3 is 0 Å². The van der Waals surface area contributed by atoms with E-state index in [-0.39, 0.29) is 0 Å². The summed E-state index contributed by atoms with van der Waals surface area (Å²) in [6.45, 7) is 8.24. The van der Waals surface area contributed by atoms with Gasteiger partial charge in [-0.2, -0.15) is 0 Å². The molecule has 0 aliphatic rings. The van der Waals surface area contributed by atoms with Gasteiger partial charge in [0.1, 0.15) is 10.5 Å². The molecule has 0 saturated carbocycles. The zero-order valence-corrected chi connectivity index (χ0v) is 8.75. The molecule has 1 N–H and O–H groups in total. The maximum Gasteiger partial charge on any atom is 0.132 e. The van der Waals surface area contributed by atoms with Crippen LogP contribution in [0.3, 0.4) is 0 Å². The van der Waals surface area contributed by atoms with Gasteiger partial charge in [0.05, 0.1) is 0 Å². The van der Waals surface area contributed by atoms with Gasteiger partial charge in [0.2, 0.25) is 0 Å². The van der Waals surface area contributed by atoms with Gasteiger partial charge in [-0.15, -0.1) is 0 Å². The highest BCUT2D eigenvalue weighted by molar-refractivity contribution is 7.71. The monoisotopic (exact) mass is 182 g/mol. The average molecular weight is 182 g/mol. The lowest BCUT2D eigenvalue weighted by atomic mass is 10.1. The molecule has 1 aromatic heterocycles. The van der Waals surface area contributed by atoms with Gasteiger partial charge in [-0.3, -0.25) is 0 Å². The van der Waals surface area contributed by atoms with Crippen LogP contribution >= 0.6 is 12.2 Å². The Morgan fingerprint density at radius 3 is 2.42 bits per heavy atom. The fourth-order valence-electron chi connectivity index (χ4n) is 1.25. The molecule has 0 unspecified atom stereocenters. The second-order valence-corrected chi connectivity index (χ2v) is 3.71. The number of aromatic nitrogens is 2. The van der Waals surface area contributed by atoms with Crippen molar-refractivity contribution in [1.82, 2.24) is 9.97 Å². The van der Waals surface area contributed by atoms with E-state index < -0.39 is 0 Å². The number of hydrogen-bond acceptors (Lipinski definition) is 2. The van der Waals surface area contributed by atoms with Crippen molar-refractivity contribution < 1.29 is 0 Å². The lowest BCUT2D eigenvalue weighted by Gasteiger charge is -2.10. The Hall–Kier alpha value is -0.700. The van der Waals surface area contributed by atoms with Crippen LogP contribution in [0.4, 0.5) is 0 Å². The molecule has 0 radical (unpaired) electrons. The van der Waals surface area contributed by atoms with E-state index in [0.29, 0.717) is 5.92 Å². The molecule has 1 rings (SSSR count). The first-order chi connectivity index (χ1) is 5.52. The highest BCUT2D eigenvalue weighted by Crippen LogP contribution is 2.16. The Kier molecular flexibility index (Phi) is 2.62. The highest BCUT2D eigenvalue weighted by Gasteiger charge is 2.05. The molecule has 1 heterocycles. The van der Waals surface area contributed by atoms with Gasteiger partial charge < -0.3 is 4.98 Å². The van der Waals surface area contributed by atoms with E-state index in [4.69, 9.17) is 12.2 Å². The van der Waals surface area contributed by atoms with Crippen LogP contribution in [0.15, 0.2) is 0 Å². The van der Waals surface area contributed by atoms with Crippen molar-refractivity contribution in [3.63, 3.8) is 0 Å². The smallest absolute Gasteiger partial charge is 0.132 e. The molecule has 3 heteroatoms. The van der Waals surface area contributed by atoms with Crippen LogP contribution in [0.2, 0.25) is 0 Å². The number of nitrogens with one attached hydrogen (secondary N) is 1. The van der Waals surface area contributed by atoms with Crippen molar-refractivity contribution in [2.24, 2.45) is 0 Å². The quantitative estimate of drug-likeness (QED) is 0.676. The van der Waals surface area contributed by atoms with Gasteiger partial charge in [0, 0.05) is 11.3 Å². The molecule has 0 aliphatic heterocycles. The average Bonchev–Trinajstić information content (AvgIpc) is 1.96. The Labute approximate surface area is 78.1 Å². The van der Waals surface area contributed by atoms with Gasteiger partial charge in [0.25, 0.3) is 0 Å². The molecular weight excluding hydrogens is 168 g/mol. The maximum absolute atomic E-state index is 5.12. The summed E-state index contributed by atoms with van der Waals surface area (Å²) in [4.78, 5) is 7.41. The minimum atomic E-state index is 0.480. The van der Waals surface area contributed by atoms with E-state index in [1.54, 1.807) is 0 Å². The third kappa shape index (κ3) is 1.72. The minimum absolute atomic E-state index is 0.480. The van der Waals surface area contributed by atoms with E-state index in [1.165, 1.54) is 5.69 Å². The minimum Gasteiger partial charge on any atom is -0.347 e. The van der Waals surface area contributed by atoms with Crippen molar-refractivity contribution in [1.29, 1.82) is 0 Å². The summed E-state index contributed by atoms with van der Waals surface area (Å²) in [5.41, 5.74) is 2.30. The fraction of sp³-hybridized carbons (Fsp3) is 0.556. The molecule has 1 aromatic rings. The molecule has 0 saturated heterocycles. The van der Waals surface area contributed by atoms with Crippen molar-refractivity contribution in [2.45, 2.75) is 33.6 Å². The van der Waals surface area contributed by atoms with Gasteiger partial charge in [-0.25, -0.2) is 4.98 Å². The lowest BCUT2D eigenvalue weighted by molar-refractivity contribution is 0.786. The normalized spacial score (nSPS) is 10.8. The second kappa shape index (κ2) is 3.35. The summed E-state index contributed by atoms with van der Waals surface area (Å²) in [6.07, 6.45) is 0. The third-order valence-corrected chi connectivity index (χ3v) is 2.28. The molecule has 0 bridgehead atoms. The van der Waals surface area contributed by atoms with Crippen LogP contribution < -0.4 is 0 Å². The van der Waals surface area contributed by atoms with Crippen molar-refractivity contribution in [2.75, 3.05) is 0 Å². The first kappa shape index (κ1) is 9.39. The summed E-state index contributed by atoms with van der Waals surface area (Å²) in [5, 5.41) is 0. The van der Waals surface area contributed by atoms with Crippen LogP contribution in [0, 0.1) is 18.5 Å². The highest BCUT2D eigenvalue weighted by atomic mass is 32.1. The van der Waals surface area contributed by atoms with Crippen LogP contribution in [-0.4, -0.2) is 9.97 Å². The summed E-state index contributed by atoms with van der Waals surface area (Å²) in [6, 6.07) is 0. The number of aromatic amines is 1. The topological polar surface area (TPSA) is 28.7 Å². The standard InChI is InChI=1S/C9H14N2S/c1-5(2)8-6(3)9(12)11-7(4)10-8/h5H,1-4H3,(H,10,11,12). The molecule has 0 aliphatic carbocycles. The van der Waals surface area contributed by atoms with Crippen LogP contribution in [-0.2, 0) is 0 Å². The van der Waals surface area contributed by atoms with Crippen LogP contribution in [0.25, 0.3) is 0 Å². The molecule has 12 heavy (non-hydrogen) atoms.